The van der Waals surface area contributed by atoms with Crippen molar-refractivity contribution < 1.29 is 66.4 Å². The Kier molecular flexibility index (Phi) is 37.1. The molecule has 0 aromatic carbocycles. The zero-order chi connectivity index (χ0) is 35.8. The van der Waals surface area contributed by atoms with Crippen LogP contribution in [0.1, 0.15) is 25.7 Å². The van der Waals surface area contributed by atoms with Gasteiger partial charge in [0.15, 0.2) is 0 Å². The van der Waals surface area contributed by atoms with E-state index in [-0.39, 0.29) is 25.0 Å². The number of unbranched alkanes of at least 4 members (excludes halogenated alkanes) is 3. The van der Waals surface area contributed by atoms with Crippen LogP contribution in [0.25, 0.3) is 0 Å². The van der Waals surface area contributed by atoms with E-state index >= 15 is 0 Å². The second kappa shape index (κ2) is 39.3. The minimum absolute atomic E-state index is 0.240. The third kappa shape index (κ3) is 33.0. The van der Waals surface area contributed by atoms with Gasteiger partial charge in [0, 0.05) is 18.8 Å². The van der Waals surface area contributed by atoms with Crippen molar-refractivity contribution in [2.24, 2.45) is 0 Å². The van der Waals surface area contributed by atoms with Crippen LogP contribution in [-0.2, 0) is 66.4 Å². The van der Waals surface area contributed by atoms with Crippen LogP contribution >= 0.6 is 22.6 Å². The molecule has 0 fully saturated rings. The Balaban J connectivity index is 1.61. The van der Waals surface area contributed by atoms with Gasteiger partial charge in [-0.1, -0.05) is 35.4 Å². The number of carbonyl (C=O) groups excluding carboxylic acids is 2. The molecule has 0 saturated heterocycles. The van der Waals surface area contributed by atoms with Crippen LogP contribution in [0.3, 0.4) is 0 Å². The lowest BCUT2D eigenvalue weighted by molar-refractivity contribution is -0.137. The highest BCUT2D eigenvalue weighted by Crippen LogP contribution is 2.03. The normalized spacial score (nSPS) is 13.0. The van der Waals surface area contributed by atoms with Crippen molar-refractivity contribution >= 4 is 34.4 Å². The third-order valence-corrected chi connectivity index (χ3v) is 7.39. The van der Waals surface area contributed by atoms with Gasteiger partial charge in [0.05, 0.1) is 159 Å². The van der Waals surface area contributed by atoms with Gasteiger partial charge in [-0.05, 0) is 17.3 Å². The Morgan fingerprint density at radius 1 is 0.340 bits per heavy atom. The fraction of sp³-hybridized carbons (Fsp3) is 0.882. The molecule has 0 bridgehead atoms. The van der Waals surface area contributed by atoms with Gasteiger partial charge in [0.2, 0.25) is 0 Å². The number of halogens is 1. The summed E-state index contributed by atoms with van der Waals surface area (Å²) in [6.07, 6.45) is 7.47. The van der Waals surface area contributed by atoms with Crippen molar-refractivity contribution in [3.63, 3.8) is 0 Å². The Morgan fingerprint density at radius 2 is 0.580 bits per heavy atom. The molecule has 16 heteroatoms. The van der Waals surface area contributed by atoms with E-state index in [2.05, 4.69) is 22.6 Å². The van der Waals surface area contributed by atoms with Gasteiger partial charge >= 0.3 is 0 Å². The number of imide groups is 1. The Bertz CT molecular complexity index is 764. The molecule has 1 rings (SSSR count). The van der Waals surface area contributed by atoms with E-state index in [1.165, 1.54) is 35.8 Å². The molecule has 294 valence electrons. The number of ether oxygens (including phenoxy) is 12. The van der Waals surface area contributed by atoms with Gasteiger partial charge in [-0.25, -0.2) is 0 Å². The molecule has 0 unspecified atom stereocenters. The van der Waals surface area contributed by atoms with Gasteiger partial charge in [-0.2, -0.15) is 0 Å². The molecule has 0 aromatic heterocycles. The van der Waals surface area contributed by atoms with Crippen molar-refractivity contribution in [3.8, 4) is 0 Å². The van der Waals surface area contributed by atoms with Crippen LogP contribution in [0.4, 0.5) is 0 Å². The van der Waals surface area contributed by atoms with Crippen LogP contribution in [0.2, 0.25) is 0 Å². The van der Waals surface area contributed by atoms with E-state index in [9.17, 15) is 9.59 Å². The summed E-state index contributed by atoms with van der Waals surface area (Å²) in [5, 5.41) is 0. The summed E-state index contributed by atoms with van der Waals surface area (Å²) in [4.78, 5) is 24.0. The minimum atomic E-state index is -0.306. The fourth-order valence-electron chi connectivity index (χ4n) is 3.98. The zero-order valence-corrected chi connectivity index (χ0v) is 32.1. The van der Waals surface area contributed by atoms with Crippen molar-refractivity contribution in [2.45, 2.75) is 25.7 Å². The molecule has 0 aliphatic carbocycles. The van der Waals surface area contributed by atoms with E-state index in [0.29, 0.717) is 145 Å². The molecule has 2 amide bonds. The summed E-state index contributed by atoms with van der Waals surface area (Å²) in [7, 11) is 0. The lowest BCUT2D eigenvalue weighted by Gasteiger charge is -2.13. The second-order valence-corrected chi connectivity index (χ2v) is 11.7. The highest BCUT2D eigenvalue weighted by Gasteiger charge is 2.22. The first-order valence-electron chi connectivity index (χ1n) is 17.8. The van der Waals surface area contributed by atoms with Gasteiger partial charge in [-0.3, -0.25) is 14.5 Å². The topological polar surface area (TPSA) is 148 Å². The van der Waals surface area contributed by atoms with Crippen LogP contribution < -0.4 is 0 Å². The van der Waals surface area contributed by atoms with E-state index in [4.69, 9.17) is 56.8 Å². The maximum absolute atomic E-state index is 11.4. The number of rotatable bonds is 42. The van der Waals surface area contributed by atoms with Gasteiger partial charge in [-0.15, -0.1) is 0 Å². The Hall–Kier alpha value is -0.870. The number of hydrogen-bond donors (Lipinski definition) is 0. The van der Waals surface area contributed by atoms with Gasteiger partial charge in [0.1, 0.15) is 0 Å². The van der Waals surface area contributed by atoms with Crippen molar-refractivity contribution in [1.82, 2.24) is 4.90 Å². The Labute approximate surface area is 312 Å². The van der Waals surface area contributed by atoms with Crippen molar-refractivity contribution in [1.29, 1.82) is 0 Å². The molecule has 15 nitrogen and oxygen atoms in total. The molecule has 0 spiro atoms. The monoisotopic (exact) mass is 835 g/mol. The van der Waals surface area contributed by atoms with Gasteiger partial charge in [0.25, 0.3) is 11.8 Å². The molecule has 1 aliphatic rings. The summed E-state index contributed by atoms with van der Waals surface area (Å²) >= 11 is 2.42. The lowest BCUT2D eigenvalue weighted by Crippen LogP contribution is -2.33. The van der Waals surface area contributed by atoms with Crippen molar-refractivity contribution in [2.75, 3.05) is 170 Å². The zero-order valence-electron chi connectivity index (χ0n) is 29.9. The smallest absolute Gasteiger partial charge is 0.253 e. The van der Waals surface area contributed by atoms with Crippen molar-refractivity contribution in [3.05, 3.63) is 12.2 Å². The maximum Gasteiger partial charge on any atom is 0.253 e. The van der Waals surface area contributed by atoms with Gasteiger partial charge < -0.3 is 56.8 Å². The fourth-order valence-corrected chi connectivity index (χ4v) is 4.52. The third-order valence-electron chi connectivity index (χ3n) is 6.62. The first-order chi connectivity index (χ1) is 24.8. The molecule has 50 heavy (non-hydrogen) atoms. The van der Waals surface area contributed by atoms with Crippen LogP contribution in [0, 0.1) is 0 Å². The Morgan fingerprint density at radius 3 is 0.860 bits per heavy atom. The van der Waals surface area contributed by atoms with E-state index < -0.39 is 0 Å². The first kappa shape index (κ1) is 47.2. The summed E-state index contributed by atoms with van der Waals surface area (Å²) in [5.74, 6) is -0.612. The number of carbonyl (C=O) groups is 2. The quantitative estimate of drug-likeness (QED) is 0.0383. The molecule has 0 aromatic rings. The number of hydrogen-bond acceptors (Lipinski definition) is 14. The molecular weight excluding hydrogens is 773 g/mol. The number of alkyl halides is 1. The summed E-state index contributed by atoms with van der Waals surface area (Å²) < 4.78 is 66.9. The highest BCUT2D eigenvalue weighted by molar-refractivity contribution is 14.1. The molecule has 1 aliphatic heterocycles. The maximum atomic E-state index is 11.4. The summed E-state index contributed by atoms with van der Waals surface area (Å²) in [5.41, 5.74) is 0. The highest BCUT2D eigenvalue weighted by atomic mass is 127. The summed E-state index contributed by atoms with van der Waals surface area (Å²) in [6, 6.07) is 0. The standard InChI is InChI=1S/C34H62INO14/c35-7-3-1-2-4-9-39-11-13-41-15-17-43-19-21-45-23-25-47-27-29-49-31-32-50-30-28-48-26-24-46-22-20-44-18-16-42-14-12-40-10-8-36-33(37)5-6-34(36)38/h5-6H,1-4,7-32H2. The first-order valence-corrected chi connectivity index (χ1v) is 19.3. The molecular formula is C34H62INO14. The largest absolute Gasteiger partial charge is 0.379 e. The molecule has 0 atom stereocenters. The van der Waals surface area contributed by atoms with Crippen LogP contribution in [0.15, 0.2) is 12.2 Å². The average Bonchev–Trinajstić information content (AvgIpc) is 3.44. The predicted molar refractivity (Wildman–Crippen MR) is 193 cm³/mol. The predicted octanol–water partition coefficient (Wildman–Crippen LogP) is 2.11. The number of amides is 2. The minimum Gasteiger partial charge on any atom is -0.379 e. The second-order valence-electron chi connectivity index (χ2n) is 10.6. The van der Waals surface area contributed by atoms with Crippen LogP contribution in [-0.4, -0.2) is 186 Å². The summed E-state index contributed by atoms with van der Waals surface area (Å²) in [6.45, 7) is 12.3. The van der Waals surface area contributed by atoms with Crippen LogP contribution in [0.5, 0.6) is 0 Å². The SMILES string of the molecule is O=C1C=CC(=O)N1CCOCCOCCOCCOCCOCCOCCOCCOCCOCCOCCOCCOCCCCCCI. The number of nitrogens with zero attached hydrogens (tertiary/aromatic N) is 1. The van der Waals surface area contributed by atoms with E-state index in [0.717, 1.165) is 17.9 Å². The lowest BCUT2D eigenvalue weighted by atomic mass is 10.2. The molecule has 1 heterocycles. The molecule has 0 saturated carbocycles. The average molecular weight is 836 g/mol. The molecule has 0 N–H and O–H groups in total. The van der Waals surface area contributed by atoms with E-state index in [1.807, 2.05) is 0 Å². The molecule has 0 radical (unpaired) electrons. The van der Waals surface area contributed by atoms with E-state index in [1.54, 1.807) is 0 Å².